The Morgan fingerprint density at radius 1 is 1.65 bits per heavy atom. The van der Waals surface area contributed by atoms with Crippen LogP contribution in [0.1, 0.15) is 35.1 Å². The number of rotatable bonds is 3. The molecule has 1 aliphatic rings. The molecule has 3 N–H and O–H groups in total. The van der Waals surface area contributed by atoms with Gasteiger partial charge in [0.25, 0.3) is 5.91 Å². The van der Waals surface area contributed by atoms with Gasteiger partial charge in [0.2, 0.25) is 0 Å². The Balaban J connectivity index is 2.13. The highest BCUT2D eigenvalue weighted by Crippen LogP contribution is 2.29. The number of carbonyl (C=O) groups excluding carboxylic acids is 1. The Kier molecular flexibility index (Phi) is 4.31. The Hall–Kier alpha value is -1.18. The van der Waals surface area contributed by atoms with E-state index in [1.807, 2.05) is 6.92 Å². The van der Waals surface area contributed by atoms with Crippen LogP contribution in [0, 0.1) is 6.92 Å². The van der Waals surface area contributed by atoms with Gasteiger partial charge in [-0.2, -0.15) is 0 Å². The van der Waals surface area contributed by atoms with Crippen molar-refractivity contribution in [2.24, 2.45) is 0 Å². The first-order valence-corrected chi connectivity index (χ1v) is 7.58. The Bertz CT molecular complexity index is 505. The van der Waals surface area contributed by atoms with Crippen LogP contribution in [-0.4, -0.2) is 57.8 Å². The van der Waals surface area contributed by atoms with E-state index in [-0.39, 0.29) is 12.5 Å². The van der Waals surface area contributed by atoms with Gasteiger partial charge >= 0.3 is 0 Å². The summed E-state index contributed by atoms with van der Waals surface area (Å²) in [4.78, 5) is 18.9. The number of β-amino-alcohol motifs (C(OH)–C–C–N with tert-alkyl or cyclic N) is 1. The molecular formula is C13H21N3O3S. The molecule has 2 atom stereocenters. The average Bonchev–Trinajstić information content (AvgIpc) is 2.82. The van der Waals surface area contributed by atoms with Gasteiger partial charge in [-0.3, -0.25) is 4.79 Å². The number of hydrogen-bond acceptors (Lipinski definition) is 6. The normalized spacial score (nSPS) is 26.6. The molecule has 0 bridgehead atoms. The number of likely N-dealkylation sites (tertiary alicyclic amines) is 1. The van der Waals surface area contributed by atoms with Crippen molar-refractivity contribution >= 4 is 22.4 Å². The minimum atomic E-state index is -1.07. The first-order chi connectivity index (χ1) is 9.41. The molecule has 20 heavy (non-hydrogen) atoms. The summed E-state index contributed by atoms with van der Waals surface area (Å²) >= 11 is 1.31. The third kappa shape index (κ3) is 2.65. The highest BCUT2D eigenvalue weighted by molar-refractivity contribution is 7.17. The smallest absolute Gasteiger partial charge is 0.266 e. The SMILES string of the molecule is CC[C@@]1(O)CCN(C(=O)c2sc(NC)nc2C)C[C@H]1O. The lowest BCUT2D eigenvalue weighted by Crippen LogP contribution is -2.56. The molecule has 1 aliphatic heterocycles. The van der Waals surface area contributed by atoms with Gasteiger partial charge in [-0.25, -0.2) is 4.98 Å². The maximum absolute atomic E-state index is 12.5. The van der Waals surface area contributed by atoms with Crippen molar-refractivity contribution in [3.8, 4) is 0 Å². The van der Waals surface area contributed by atoms with Gasteiger partial charge < -0.3 is 20.4 Å². The topological polar surface area (TPSA) is 85.7 Å². The quantitative estimate of drug-likeness (QED) is 0.770. The molecule has 1 saturated heterocycles. The first-order valence-electron chi connectivity index (χ1n) is 6.76. The van der Waals surface area contributed by atoms with E-state index in [0.29, 0.717) is 35.1 Å². The number of aryl methyl sites for hydroxylation is 1. The fourth-order valence-corrected chi connectivity index (χ4v) is 3.30. The van der Waals surface area contributed by atoms with Gasteiger partial charge in [0.15, 0.2) is 5.13 Å². The van der Waals surface area contributed by atoms with E-state index in [2.05, 4.69) is 10.3 Å². The molecule has 0 radical (unpaired) electrons. The maximum atomic E-state index is 12.5. The van der Waals surface area contributed by atoms with Crippen LogP contribution in [0.3, 0.4) is 0 Å². The Labute approximate surface area is 122 Å². The maximum Gasteiger partial charge on any atom is 0.266 e. The standard InChI is InChI=1S/C13H21N3O3S/c1-4-13(19)5-6-16(7-9(13)17)11(18)10-8(2)15-12(14-3)20-10/h9,17,19H,4-7H2,1-3H3,(H,14,15)/t9-,13-/m1/s1. The van der Waals surface area contributed by atoms with E-state index in [4.69, 9.17) is 0 Å². The molecule has 2 heterocycles. The molecule has 1 amide bonds. The van der Waals surface area contributed by atoms with Crippen molar-refractivity contribution in [1.82, 2.24) is 9.88 Å². The zero-order chi connectivity index (χ0) is 14.9. The molecule has 1 aromatic rings. The Morgan fingerprint density at radius 3 is 2.85 bits per heavy atom. The second-order valence-corrected chi connectivity index (χ2v) is 6.16. The number of nitrogens with one attached hydrogen (secondary N) is 1. The van der Waals surface area contributed by atoms with Gasteiger partial charge in [0, 0.05) is 20.1 Å². The Morgan fingerprint density at radius 2 is 2.35 bits per heavy atom. The summed E-state index contributed by atoms with van der Waals surface area (Å²) in [7, 11) is 1.76. The number of aliphatic hydroxyl groups is 2. The predicted molar refractivity (Wildman–Crippen MR) is 78.2 cm³/mol. The summed E-state index contributed by atoms with van der Waals surface area (Å²) in [6.07, 6.45) is -0.0190. The fraction of sp³-hybridized carbons (Fsp3) is 0.692. The molecule has 2 rings (SSSR count). The van der Waals surface area contributed by atoms with Crippen LogP contribution in [0.4, 0.5) is 5.13 Å². The fourth-order valence-electron chi connectivity index (χ4n) is 2.41. The van der Waals surface area contributed by atoms with Crippen molar-refractivity contribution < 1.29 is 15.0 Å². The number of thiazole rings is 1. The van der Waals surface area contributed by atoms with Crippen LogP contribution in [0.15, 0.2) is 0 Å². The van der Waals surface area contributed by atoms with Crippen molar-refractivity contribution in [2.45, 2.75) is 38.4 Å². The van der Waals surface area contributed by atoms with Crippen LogP contribution in [0.2, 0.25) is 0 Å². The summed E-state index contributed by atoms with van der Waals surface area (Å²) in [5.41, 5.74) is -0.384. The summed E-state index contributed by atoms with van der Waals surface area (Å²) < 4.78 is 0. The third-order valence-corrected chi connectivity index (χ3v) is 5.10. The van der Waals surface area contributed by atoms with Crippen molar-refractivity contribution in [1.29, 1.82) is 0 Å². The van der Waals surface area contributed by atoms with E-state index < -0.39 is 11.7 Å². The number of amides is 1. The second-order valence-electron chi connectivity index (χ2n) is 5.16. The van der Waals surface area contributed by atoms with E-state index in [1.165, 1.54) is 11.3 Å². The molecular weight excluding hydrogens is 278 g/mol. The van der Waals surface area contributed by atoms with E-state index >= 15 is 0 Å². The second kappa shape index (κ2) is 5.67. The van der Waals surface area contributed by atoms with Crippen LogP contribution >= 0.6 is 11.3 Å². The summed E-state index contributed by atoms with van der Waals surface area (Å²) in [6, 6.07) is 0. The van der Waals surface area contributed by atoms with Crippen LogP contribution in [-0.2, 0) is 0 Å². The minimum absolute atomic E-state index is 0.126. The molecule has 0 spiro atoms. The summed E-state index contributed by atoms with van der Waals surface area (Å²) in [6.45, 7) is 4.25. The number of anilines is 1. The highest BCUT2D eigenvalue weighted by atomic mass is 32.1. The average molecular weight is 299 g/mol. The largest absolute Gasteiger partial charge is 0.388 e. The zero-order valence-corrected chi connectivity index (χ0v) is 12.8. The molecule has 1 fully saturated rings. The zero-order valence-electron chi connectivity index (χ0n) is 12.0. The molecule has 0 aliphatic carbocycles. The number of hydrogen-bond donors (Lipinski definition) is 3. The lowest BCUT2D eigenvalue weighted by Gasteiger charge is -2.41. The van der Waals surface area contributed by atoms with Crippen LogP contribution in [0.25, 0.3) is 0 Å². The number of nitrogens with zero attached hydrogens (tertiary/aromatic N) is 2. The molecule has 0 saturated carbocycles. The highest BCUT2D eigenvalue weighted by Gasteiger charge is 2.40. The van der Waals surface area contributed by atoms with Crippen molar-refractivity contribution in [3.05, 3.63) is 10.6 Å². The van der Waals surface area contributed by atoms with Crippen LogP contribution in [0.5, 0.6) is 0 Å². The third-order valence-electron chi connectivity index (χ3n) is 3.93. The molecule has 0 unspecified atom stereocenters. The van der Waals surface area contributed by atoms with Gasteiger partial charge in [-0.1, -0.05) is 18.3 Å². The van der Waals surface area contributed by atoms with E-state index in [9.17, 15) is 15.0 Å². The lowest BCUT2D eigenvalue weighted by atomic mass is 9.86. The molecule has 112 valence electrons. The first kappa shape index (κ1) is 15.2. The minimum Gasteiger partial charge on any atom is -0.388 e. The van der Waals surface area contributed by atoms with Crippen molar-refractivity contribution in [3.63, 3.8) is 0 Å². The predicted octanol–water partition coefficient (Wildman–Crippen LogP) is 0.841. The van der Waals surface area contributed by atoms with E-state index in [1.54, 1.807) is 18.9 Å². The number of aliphatic hydroxyl groups excluding tert-OH is 1. The number of piperidine rings is 1. The molecule has 1 aromatic heterocycles. The number of carbonyl (C=O) groups is 1. The number of aromatic nitrogens is 1. The molecule has 7 heteroatoms. The molecule has 6 nitrogen and oxygen atoms in total. The lowest BCUT2D eigenvalue weighted by molar-refractivity contribution is -0.114. The van der Waals surface area contributed by atoms with Gasteiger partial charge in [-0.15, -0.1) is 0 Å². The molecule has 0 aromatic carbocycles. The van der Waals surface area contributed by atoms with Gasteiger partial charge in [-0.05, 0) is 19.8 Å². The van der Waals surface area contributed by atoms with E-state index in [0.717, 1.165) is 0 Å². The van der Waals surface area contributed by atoms with Gasteiger partial charge in [0.05, 0.1) is 11.3 Å². The van der Waals surface area contributed by atoms with Gasteiger partial charge in [0.1, 0.15) is 11.0 Å². The summed E-state index contributed by atoms with van der Waals surface area (Å²) in [5, 5.41) is 23.9. The van der Waals surface area contributed by atoms with Crippen molar-refractivity contribution in [2.75, 3.05) is 25.5 Å². The summed E-state index contributed by atoms with van der Waals surface area (Å²) in [5.74, 6) is -0.126. The van der Waals surface area contributed by atoms with Crippen LogP contribution < -0.4 is 5.32 Å². The monoisotopic (exact) mass is 299 g/mol.